The Kier molecular flexibility index (Phi) is 4.63. The van der Waals surface area contributed by atoms with Crippen molar-refractivity contribution < 1.29 is 4.74 Å². The van der Waals surface area contributed by atoms with Gasteiger partial charge in [-0.05, 0) is 37.6 Å². The fourth-order valence-electron chi connectivity index (χ4n) is 2.68. The summed E-state index contributed by atoms with van der Waals surface area (Å²) < 4.78 is 8.04. The van der Waals surface area contributed by atoms with Gasteiger partial charge in [-0.15, -0.1) is 0 Å². The third-order valence-corrected chi connectivity index (χ3v) is 4.06. The summed E-state index contributed by atoms with van der Waals surface area (Å²) in [5.41, 5.74) is 9.56. The summed E-state index contributed by atoms with van der Waals surface area (Å²) >= 11 is 0. The maximum absolute atomic E-state index is 6.23. The third kappa shape index (κ3) is 3.37. The molecular weight excluding hydrogens is 286 g/mol. The highest BCUT2D eigenvalue weighted by Gasteiger charge is 2.15. The number of hydrogen-bond acceptors (Lipinski definition) is 3. The second kappa shape index (κ2) is 6.84. The van der Waals surface area contributed by atoms with Gasteiger partial charge in [0.25, 0.3) is 0 Å². The molecule has 2 N–H and O–H groups in total. The first kappa shape index (κ1) is 15.6. The van der Waals surface area contributed by atoms with Gasteiger partial charge in [0.1, 0.15) is 18.2 Å². The SMILES string of the molecule is CCC(N)c1nc2ccccc2n1CCOc1ccc(C)cc1. The Morgan fingerprint density at radius 3 is 2.61 bits per heavy atom. The average Bonchev–Trinajstić information content (AvgIpc) is 2.95. The Balaban J connectivity index is 1.79. The smallest absolute Gasteiger partial charge is 0.126 e. The van der Waals surface area contributed by atoms with Crippen LogP contribution < -0.4 is 10.5 Å². The largest absolute Gasteiger partial charge is 0.492 e. The number of rotatable bonds is 6. The van der Waals surface area contributed by atoms with Gasteiger partial charge in [0.05, 0.1) is 23.6 Å². The van der Waals surface area contributed by atoms with Crippen molar-refractivity contribution in [1.29, 1.82) is 0 Å². The van der Waals surface area contributed by atoms with Crippen LogP contribution in [0.5, 0.6) is 5.75 Å². The summed E-state index contributed by atoms with van der Waals surface area (Å²) in [7, 11) is 0. The predicted octanol–water partition coefficient (Wildman–Crippen LogP) is 3.83. The molecule has 0 fully saturated rings. The Morgan fingerprint density at radius 2 is 1.87 bits per heavy atom. The van der Waals surface area contributed by atoms with Crippen LogP contribution in [0.15, 0.2) is 48.5 Å². The topological polar surface area (TPSA) is 53.1 Å². The van der Waals surface area contributed by atoms with Crippen LogP contribution in [0.25, 0.3) is 11.0 Å². The van der Waals surface area contributed by atoms with E-state index in [1.807, 2.05) is 30.3 Å². The standard InChI is InChI=1S/C19H23N3O/c1-3-16(20)19-21-17-6-4-5-7-18(17)22(19)12-13-23-15-10-8-14(2)9-11-15/h4-11,16H,3,12-13,20H2,1-2H3. The third-order valence-electron chi connectivity index (χ3n) is 4.06. The predicted molar refractivity (Wildman–Crippen MR) is 93.6 cm³/mol. The molecule has 0 saturated heterocycles. The molecule has 0 amide bonds. The van der Waals surface area contributed by atoms with E-state index >= 15 is 0 Å². The molecule has 2 aromatic carbocycles. The van der Waals surface area contributed by atoms with E-state index in [0.29, 0.717) is 6.61 Å². The highest BCUT2D eigenvalue weighted by atomic mass is 16.5. The fourth-order valence-corrected chi connectivity index (χ4v) is 2.68. The number of ether oxygens (including phenoxy) is 1. The highest BCUT2D eigenvalue weighted by molar-refractivity contribution is 5.76. The Hall–Kier alpha value is -2.33. The van der Waals surface area contributed by atoms with E-state index in [1.165, 1.54) is 5.56 Å². The number of nitrogens with zero attached hydrogens (tertiary/aromatic N) is 2. The van der Waals surface area contributed by atoms with Crippen LogP contribution in [-0.2, 0) is 6.54 Å². The Labute approximate surface area is 136 Å². The molecule has 0 aliphatic heterocycles. The van der Waals surface area contributed by atoms with Gasteiger partial charge < -0.3 is 15.0 Å². The lowest BCUT2D eigenvalue weighted by atomic mass is 10.2. The molecule has 0 aliphatic rings. The van der Waals surface area contributed by atoms with Gasteiger partial charge >= 0.3 is 0 Å². The quantitative estimate of drug-likeness (QED) is 0.753. The summed E-state index contributed by atoms with van der Waals surface area (Å²) in [5, 5.41) is 0. The van der Waals surface area contributed by atoms with Gasteiger partial charge in [0.2, 0.25) is 0 Å². The minimum atomic E-state index is -0.0539. The first-order valence-electron chi connectivity index (χ1n) is 8.09. The van der Waals surface area contributed by atoms with E-state index in [0.717, 1.165) is 35.6 Å². The molecule has 4 heteroatoms. The zero-order valence-electron chi connectivity index (χ0n) is 13.7. The van der Waals surface area contributed by atoms with Crippen LogP contribution in [0.3, 0.4) is 0 Å². The van der Waals surface area contributed by atoms with Crippen molar-refractivity contribution in [3.05, 3.63) is 59.9 Å². The molecular formula is C19H23N3O. The van der Waals surface area contributed by atoms with E-state index in [1.54, 1.807) is 0 Å². The van der Waals surface area contributed by atoms with Crippen LogP contribution in [0.2, 0.25) is 0 Å². The van der Waals surface area contributed by atoms with Crippen LogP contribution in [0.1, 0.15) is 30.8 Å². The molecule has 4 nitrogen and oxygen atoms in total. The highest BCUT2D eigenvalue weighted by Crippen LogP contribution is 2.21. The Morgan fingerprint density at radius 1 is 1.13 bits per heavy atom. The number of imidazole rings is 1. The molecule has 0 radical (unpaired) electrons. The van der Waals surface area contributed by atoms with Crippen molar-refractivity contribution in [2.45, 2.75) is 32.9 Å². The first-order valence-corrected chi connectivity index (χ1v) is 8.09. The fraction of sp³-hybridized carbons (Fsp3) is 0.316. The van der Waals surface area contributed by atoms with Crippen molar-refractivity contribution >= 4 is 11.0 Å². The number of aryl methyl sites for hydroxylation is 1. The second-order valence-corrected chi connectivity index (χ2v) is 5.79. The zero-order valence-corrected chi connectivity index (χ0v) is 13.7. The number of para-hydroxylation sites is 2. The van der Waals surface area contributed by atoms with Gasteiger partial charge in [0, 0.05) is 0 Å². The number of aromatic nitrogens is 2. The lowest BCUT2D eigenvalue weighted by molar-refractivity contribution is 0.297. The van der Waals surface area contributed by atoms with E-state index in [-0.39, 0.29) is 6.04 Å². The molecule has 3 rings (SSSR count). The van der Waals surface area contributed by atoms with Gasteiger partial charge in [-0.25, -0.2) is 4.98 Å². The van der Waals surface area contributed by atoms with Gasteiger partial charge in [-0.3, -0.25) is 0 Å². The monoisotopic (exact) mass is 309 g/mol. The zero-order chi connectivity index (χ0) is 16.2. The molecule has 120 valence electrons. The van der Waals surface area contributed by atoms with Crippen LogP contribution >= 0.6 is 0 Å². The minimum Gasteiger partial charge on any atom is -0.492 e. The molecule has 0 saturated carbocycles. The summed E-state index contributed by atoms with van der Waals surface area (Å²) in [4.78, 5) is 4.70. The van der Waals surface area contributed by atoms with Crippen molar-refractivity contribution in [2.75, 3.05) is 6.61 Å². The van der Waals surface area contributed by atoms with Gasteiger partial charge in [-0.1, -0.05) is 36.8 Å². The molecule has 0 spiro atoms. The average molecular weight is 309 g/mol. The molecule has 1 aromatic heterocycles. The summed E-state index contributed by atoms with van der Waals surface area (Å²) in [5.74, 6) is 1.82. The molecule has 23 heavy (non-hydrogen) atoms. The van der Waals surface area contributed by atoms with Gasteiger partial charge in [-0.2, -0.15) is 0 Å². The van der Waals surface area contributed by atoms with Crippen LogP contribution in [0.4, 0.5) is 0 Å². The molecule has 1 heterocycles. The van der Waals surface area contributed by atoms with Crippen molar-refractivity contribution in [2.24, 2.45) is 5.73 Å². The minimum absolute atomic E-state index is 0.0539. The van der Waals surface area contributed by atoms with Gasteiger partial charge in [0.15, 0.2) is 0 Å². The van der Waals surface area contributed by atoms with Crippen LogP contribution in [0, 0.1) is 6.92 Å². The van der Waals surface area contributed by atoms with Crippen molar-refractivity contribution in [1.82, 2.24) is 9.55 Å². The van der Waals surface area contributed by atoms with E-state index < -0.39 is 0 Å². The molecule has 0 aliphatic carbocycles. The summed E-state index contributed by atoms with van der Waals surface area (Å²) in [6, 6.07) is 16.2. The number of hydrogen-bond donors (Lipinski definition) is 1. The van der Waals surface area contributed by atoms with Crippen LogP contribution in [-0.4, -0.2) is 16.2 Å². The molecule has 3 aromatic rings. The molecule has 1 atom stereocenters. The van der Waals surface area contributed by atoms with E-state index in [4.69, 9.17) is 15.5 Å². The Bertz CT molecular complexity index is 777. The number of nitrogens with two attached hydrogens (primary N) is 1. The lowest BCUT2D eigenvalue weighted by Gasteiger charge is -2.14. The van der Waals surface area contributed by atoms with Crippen molar-refractivity contribution in [3.63, 3.8) is 0 Å². The summed E-state index contributed by atoms with van der Waals surface area (Å²) in [6.45, 7) is 5.47. The first-order chi connectivity index (χ1) is 11.2. The normalized spacial score (nSPS) is 12.5. The molecule has 0 bridgehead atoms. The van der Waals surface area contributed by atoms with E-state index in [2.05, 4.69) is 36.6 Å². The van der Waals surface area contributed by atoms with Crippen molar-refractivity contribution in [3.8, 4) is 5.75 Å². The van der Waals surface area contributed by atoms with E-state index in [9.17, 15) is 0 Å². The maximum Gasteiger partial charge on any atom is 0.126 e. The summed E-state index contributed by atoms with van der Waals surface area (Å²) in [6.07, 6.45) is 0.863. The lowest BCUT2D eigenvalue weighted by Crippen LogP contribution is -2.18. The number of benzene rings is 2. The molecule has 1 unspecified atom stereocenters. The maximum atomic E-state index is 6.23. The second-order valence-electron chi connectivity index (χ2n) is 5.79. The number of fused-ring (bicyclic) bond motifs is 1.